The quantitative estimate of drug-likeness (QED) is 0.237. The zero-order chi connectivity index (χ0) is 34.0. The maximum Gasteiger partial charge on any atom is 0.336 e. The van der Waals surface area contributed by atoms with E-state index in [1.165, 1.54) is 39.2 Å². The number of carbonyl (C=O) groups excluding carboxylic acids is 1. The number of nitrogens with zero attached hydrogens (tertiary/aromatic N) is 3. The van der Waals surface area contributed by atoms with Crippen molar-refractivity contribution >= 4 is 23.3 Å². The minimum Gasteiger partial charge on any atom is -0.496 e. The Morgan fingerprint density at radius 3 is 1.60 bits per heavy atom. The molecule has 13 nitrogen and oxygen atoms in total. The number of amides is 1. The fourth-order valence-electron chi connectivity index (χ4n) is 5.59. The topological polar surface area (TPSA) is 174 Å². The second kappa shape index (κ2) is 16.7. The van der Waals surface area contributed by atoms with Crippen molar-refractivity contribution in [2.75, 3.05) is 28.3 Å². The summed E-state index contributed by atoms with van der Waals surface area (Å²) >= 11 is 0. The highest BCUT2D eigenvalue weighted by molar-refractivity contribution is 5.96. The van der Waals surface area contributed by atoms with Gasteiger partial charge in [-0.3, -0.25) is 25.0 Å². The van der Waals surface area contributed by atoms with Crippen LogP contribution in [0.25, 0.3) is 0 Å². The fourth-order valence-corrected chi connectivity index (χ4v) is 5.59. The maximum absolute atomic E-state index is 12.6. The van der Waals surface area contributed by atoms with E-state index in [0.717, 1.165) is 30.9 Å². The van der Waals surface area contributed by atoms with Crippen LogP contribution in [0, 0.1) is 32.1 Å². The second-order valence-corrected chi connectivity index (χ2v) is 11.6. The third-order valence-corrected chi connectivity index (χ3v) is 8.40. The Balaban J connectivity index is 0.000000266. The average molecular weight is 631 g/mol. The molecule has 2 saturated carbocycles. The molecule has 0 radical (unpaired) electrons. The molecule has 0 heterocycles. The first-order valence-corrected chi connectivity index (χ1v) is 15.1. The third kappa shape index (κ3) is 9.37. The monoisotopic (exact) mass is 630 g/mol. The molecule has 0 spiro atoms. The summed E-state index contributed by atoms with van der Waals surface area (Å²) in [6.07, 6.45) is 5.61. The van der Waals surface area contributed by atoms with Gasteiger partial charge in [-0.1, -0.05) is 27.7 Å². The van der Waals surface area contributed by atoms with E-state index in [1.54, 1.807) is 24.9 Å². The minimum absolute atomic E-state index is 0.0550. The Hall–Kier alpha value is -4.26. The van der Waals surface area contributed by atoms with Gasteiger partial charge in [0.2, 0.25) is 0 Å². The lowest BCUT2D eigenvalue weighted by Gasteiger charge is -2.39. The molecule has 4 rings (SSSR count). The van der Waals surface area contributed by atoms with Crippen LogP contribution >= 0.6 is 0 Å². The van der Waals surface area contributed by atoms with Gasteiger partial charge in [-0.25, -0.2) is 4.79 Å². The molecule has 2 aromatic rings. The molecule has 13 heteroatoms. The van der Waals surface area contributed by atoms with E-state index in [2.05, 4.69) is 19.2 Å². The SMILES string of the molecule is CCc1c(OC)cc(C(=O)N(C)C2CC(C)C2)cc1[N+](=O)[O-].CCc1c(OC)cc(C(=O)O)cc1[N+](=O)[O-].CNC1CC(C)C1. The predicted octanol–water partition coefficient (Wildman–Crippen LogP) is 5.90. The molecule has 0 aromatic heterocycles. The smallest absolute Gasteiger partial charge is 0.336 e. The normalized spacial score (nSPS) is 19.6. The van der Waals surface area contributed by atoms with Gasteiger partial charge in [0.05, 0.1) is 46.3 Å². The van der Waals surface area contributed by atoms with Crippen LogP contribution in [0.15, 0.2) is 24.3 Å². The molecule has 1 amide bonds. The number of carboxylic acid groups (broad SMARTS) is 1. The predicted molar refractivity (Wildman–Crippen MR) is 171 cm³/mol. The first kappa shape index (κ1) is 36.9. The van der Waals surface area contributed by atoms with Gasteiger partial charge in [0, 0.05) is 31.3 Å². The van der Waals surface area contributed by atoms with Crippen LogP contribution in [0.4, 0.5) is 11.4 Å². The first-order chi connectivity index (χ1) is 21.2. The molecule has 0 saturated heterocycles. The first-order valence-electron chi connectivity index (χ1n) is 15.1. The van der Waals surface area contributed by atoms with Gasteiger partial charge >= 0.3 is 5.97 Å². The van der Waals surface area contributed by atoms with Crippen molar-refractivity contribution in [2.24, 2.45) is 11.8 Å². The third-order valence-electron chi connectivity index (χ3n) is 8.40. The molecule has 0 aliphatic heterocycles. The van der Waals surface area contributed by atoms with Crippen molar-refractivity contribution < 1.29 is 34.0 Å². The summed E-state index contributed by atoms with van der Waals surface area (Å²) in [4.78, 5) is 46.0. The van der Waals surface area contributed by atoms with Gasteiger partial charge in [0.15, 0.2) is 0 Å². The standard InChI is InChI=1S/C16H22N2O4.C10H11NO5.C6H13N/c1-5-13-14(18(20)21)8-11(9-15(13)22-4)16(19)17(3)12-6-10(2)7-12;1-3-7-8(11(14)15)4-6(10(12)13)5-9(7)16-2;1-5-3-6(4-5)7-2/h8-10,12H,5-7H2,1-4H3;4-5H,3H2,1-2H3,(H,12,13);5-7H,3-4H2,1-2H3. The van der Waals surface area contributed by atoms with Gasteiger partial charge in [-0.15, -0.1) is 0 Å². The molecule has 2 N–H and O–H groups in total. The van der Waals surface area contributed by atoms with Gasteiger partial charge in [0.1, 0.15) is 11.5 Å². The zero-order valence-corrected chi connectivity index (χ0v) is 27.4. The molecule has 248 valence electrons. The van der Waals surface area contributed by atoms with Crippen molar-refractivity contribution in [3.8, 4) is 11.5 Å². The molecule has 2 aromatic carbocycles. The van der Waals surface area contributed by atoms with Crippen LogP contribution in [-0.4, -0.2) is 72.1 Å². The summed E-state index contributed by atoms with van der Waals surface area (Å²) in [7, 11) is 6.61. The van der Waals surface area contributed by atoms with E-state index in [9.17, 15) is 29.8 Å². The van der Waals surface area contributed by atoms with Crippen molar-refractivity contribution in [2.45, 2.75) is 78.3 Å². The molecular weight excluding hydrogens is 584 g/mol. The number of nitro benzene ring substituents is 2. The van der Waals surface area contributed by atoms with Crippen LogP contribution in [-0.2, 0) is 12.8 Å². The average Bonchev–Trinajstić information content (AvgIpc) is 2.99. The maximum atomic E-state index is 12.6. The second-order valence-electron chi connectivity index (χ2n) is 11.6. The van der Waals surface area contributed by atoms with E-state index in [4.69, 9.17) is 14.6 Å². The number of benzene rings is 2. The number of ether oxygens (including phenoxy) is 2. The van der Waals surface area contributed by atoms with Crippen LogP contribution in [0.2, 0.25) is 0 Å². The lowest BCUT2D eigenvalue weighted by atomic mass is 9.81. The Labute approximate surface area is 264 Å². The van der Waals surface area contributed by atoms with E-state index in [0.29, 0.717) is 41.2 Å². The fraction of sp³-hybridized carbons (Fsp3) is 0.562. The molecule has 0 atom stereocenters. The van der Waals surface area contributed by atoms with Crippen molar-refractivity contribution in [1.82, 2.24) is 10.2 Å². The number of carbonyl (C=O) groups is 2. The number of hydrogen-bond acceptors (Lipinski definition) is 9. The Morgan fingerprint density at radius 1 is 0.867 bits per heavy atom. The van der Waals surface area contributed by atoms with Crippen LogP contribution in [0.5, 0.6) is 11.5 Å². The molecule has 0 unspecified atom stereocenters. The number of aromatic carboxylic acids is 1. The summed E-state index contributed by atoms with van der Waals surface area (Å²) in [5.74, 6) is 0.832. The Morgan fingerprint density at radius 2 is 1.29 bits per heavy atom. The number of nitrogens with one attached hydrogen (secondary N) is 1. The number of rotatable bonds is 10. The van der Waals surface area contributed by atoms with E-state index >= 15 is 0 Å². The zero-order valence-electron chi connectivity index (χ0n) is 27.4. The van der Waals surface area contributed by atoms with Crippen molar-refractivity contribution in [3.63, 3.8) is 0 Å². The number of methoxy groups -OCH3 is 2. The lowest BCUT2D eigenvalue weighted by Crippen LogP contribution is -2.44. The molecule has 2 aliphatic rings. The molecular formula is C32H46N4O9. The molecule has 2 fully saturated rings. The highest BCUT2D eigenvalue weighted by Gasteiger charge is 2.33. The summed E-state index contributed by atoms with van der Waals surface area (Å²) in [6, 6.07) is 6.36. The Kier molecular flexibility index (Phi) is 13.7. The van der Waals surface area contributed by atoms with Gasteiger partial charge < -0.3 is 24.8 Å². The summed E-state index contributed by atoms with van der Waals surface area (Å²) in [5.41, 5.74) is 0.796. The summed E-state index contributed by atoms with van der Waals surface area (Å²) < 4.78 is 10.2. The number of carboxylic acids is 1. The minimum atomic E-state index is -1.22. The number of nitro groups is 2. The van der Waals surface area contributed by atoms with E-state index in [-0.39, 0.29) is 34.6 Å². The summed E-state index contributed by atoms with van der Waals surface area (Å²) in [5, 5.41) is 34.1. The van der Waals surface area contributed by atoms with Crippen LogP contribution in [0.1, 0.15) is 85.2 Å². The Bertz CT molecular complexity index is 1370. The molecule has 0 bridgehead atoms. The molecule has 2 aliphatic carbocycles. The van der Waals surface area contributed by atoms with Crippen LogP contribution < -0.4 is 14.8 Å². The highest BCUT2D eigenvalue weighted by atomic mass is 16.6. The van der Waals surface area contributed by atoms with Gasteiger partial charge in [0.25, 0.3) is 17.3 Å². The van der Waals surface area contributed by atoms with Crippen LogP contribution in [0.3, 0.4) is 0 Å². The van der Waals surface area contributed by atoms with E-state index in [1.807, 2.05) is 14.0 Å². The van der Waals surface area contributed by atoms with Gasteiger partial charge in [-0.05, 0) is 69.5 Å². The van der Waals surface area contributed by atoms with Gasteiger partial charge in [-0.2, -0.15) is 0 Å². The highest BCUT2D eigenvalue weighted by Crippen LogP contribution is 2.34. The molecule has 45 heavy (non-hydrogen) atoms. The van der Waals surface area contributed by atoms with Crippen molar-refractivity contribution in [1.29, 1.82) is 0 Å². The lowest BCUT2D eigenvalue weighted by molar-refractivity contribution is -0.385. The van der Waals surface area contributed by atoms with E-state index < -0.39 is 15.8 Å². The van der Waals surface area contributed by atoms with Crippen molar-refractivity contribution in [3.05, 3.63) is 66.7 Å². The summed E-state index contributed by atoms with van der Waals surface area (Å²) in [6.45, 7) is 8.02. The largest absolute Gasteiger partial charge is 0.496 e. The number of hydrogen-bond donors (Lipinski definition) is 2.